The minimum absolute atomic E-state index is 0.116. The molecule has 1 atom stereocenters. The van der Waals surface area contributed by atoms with Gasteiger partial charge < -0.3 is 4.74 Å². The minimum Gasteiger partial charge on any atom is -0.465 e. The van der Waals surface area contributed by atoms with Crippen LogP contribution in [-0.4, -0.2) is 53.7 Å². The van der Waals surface area contributed by atoms with E-state index in [4.69, 9.17) is 4.74 Å². The van der Waals surface area contributed by atoms with Crippen LogP contribution in [-0.2, 0) is 17.6 Å². The standard InChI is InChI=1S/C22H27BrN2O3S2/c1-16(14-17-4-3-5-18(23)15-17)8-10-24-12-13-29-22(27)25(24)11-9-19-6-7-20(30-19)21(26)28-2/h3-7,15-16H,8-14H2,1-2H3. The summed E-state index contributed by atoms with van der Waals surface area (Å²) in [5, 5.41) is 4.20. The van der Waals surface area contributed by atoms with E-state index in [1.165, 1.54) is 35.8 Å². The van der Waals surface area contributed by atoms with Crippen molar-refractivity contribution in [2.75, 3.05) is 32.5 Å². The van der Waals surface area contributed by atoms with Crippen molar-refractivity contribution in [2.24, 2.45) is 5.92 Å². The Morgan fingerprint density at radius 1 is 1.27 bits per heavy atom. The number of ether oxygens (including phenoxy) is 1. The van der Waals surface area contributed by atoms with Crippen LogP contribution >= 0.6 is 39.0 Å². The summed E-state index contributed by atoms with van der Waals surface area (Å²) in [5.41, 5.74) is 1.33. The van der Waals surface area contributed by atoms with Crippen LogP contribution in [0.5, 0.6) is 0 Å². The van der Waals surface area contributed by atoms with Crippen molar-refractivity contribution in [3.8, 4) is 0 Å². The first-order valence-electron chi connectivity index (χ1n) is 10.1. The Hall–Kier alpha value is -1.35. The maximum absolute atomic E-state index is 12.5. The molecular formula is C22H27BrN2O3S2. The first-order valence-corrected chi connectivity index (χ1v) is 12.7. The molecule has 0 spiro atoms. The number of thioether (sulfide) groups is 1. The predicted octanol–water partition coefficient (Wildman–Crippen LogP) is 5.49. The maximum atomic E-state index is 12.5. The van der Waals surface area contributed by atoms with Crippen molar-refractivity contribution in [3.05, 3.63) is 56.2 Å². The van der Waals surface area contributed by atoms with Gasteiger partial charge in [-0.2, -0.15) is 0 Å². The molecule has 162 valence electrons. The second kappa shape index (κ2) is 11.3. The summed E-state index contributed by atoms with van der Waals surface area (Å²) in [4.78, 5) is 25.9. The number of methoxy groups -OCH3 is 1. The third-order valence-electron chi connectivity index (χ3n) is 5.10. The van der Waals surface area contributed by atoms with Gasteiger partial charge in [-0.15, -0.1) is 11.3 Å². The van der Waals surface area contributed by atoms with Crippen molar-refractivity contribution in [2.45, 2.75) is 26.2 Å². The number of hydrogen-bond donors (Lipinski definition) is 0. The molecule has 1 aliphatic heterocycles. The second-order valence-electron chi connectivity index (χ2n) is 7.43. The smallest absolute Gasteiger partial charge is 0.348 e. The fourth-order valence-corrected chi connectivity index (χ4v) is 5.68. The van der Waals surface area contributed by atoms with Crippen LogP contribution in [0.25, 0.3) is 0 Å². The normalized spacial score (nSPS) is 16.0. The summed E-state index contributed by atoms with van der Waals surface area (Å²) >= 11 is 6.36. The van der Waals surface area contributed by atoms with Gasteiger partial charge in [-0.3, -0.25) is 9.80 Å². The SMILES string of the molecule is COC(=O)c1ccc(CCN2C(=O)SCCN2CCC(C)Cc2cccc(Br)c2)s1. The molecule has 1 aliphatic rings. The average molecular weight is 512 g/mol. The highest BCUT2D eigenvalue weighted by Crippen LogP contribution is 2.23. The van der Waals surface area contributed by atoms with Gasteiger partial charge in [0.1, 0.15) is 4.88 Å². The molecule has 1 unspecified atom stereocenters. The highest BCUT2D eigenvalue weighted by Gasteiger charge is 2.26. The first-order chi connectivity index (χ1) is 14.5. The number of benzene rings is 1. The number of amides is 1. The van der Waals surface area contributed by atoms with Crippen molar-refractivity contribution in [1.29, 1.82) is 0 Å². The Morgan fingerprint density at radius 2 is 2.10 bits per heavy atom. The second-order valence-corrected chi connectivity index (χ2v) is 10.6. The molecule has 8 heteroatoms. The van der Waals surface area contributed by atoms with E-state index >= 15 is 0 Å². The summed E-state index contributed by atoms with van der Waals surface area (Å²) in [5.74, 6) is 1.06. The van der Waals surface area contributed by atoms with Crippen LogP contribution in [0.1, 0.15) is 33.5 Å². The van der Waals surface area contributed by atoms with Crippen LogP contribution < -0.4 is 0 Å². The molecule has 0 aliphatic carbocycles. The Bertz CT molecular complexity index is 874. The van der Waals surface area contributed by atoms with Gasteiger partial charge in [0.25, 0.3) is 5.24 Å². The van der Waals surface area contributed by atoms with Crippen molar-refractivity contribution < 1.29 is 14.3 Å². The molecule has 3 rings (SSSR count). The molecule has 2 heterocycles. The zero-order chi connectivity index (χ0) is 21.5. The van der Waals surface area contributed by atoms with Crippen molar-refractivity contribution in [1.82, 2.24) is 10.0 Å². The number of rotatable bonds is 9. The lowest BCUT2D eigenvalue weighted by Crippen LogP contribution is -2.50. The molecule has 1 aromatic carbocycles. The largest absolute Gasteiger partial charge is 0.465 e. The number of thiophene rings is 1. The van der Waals surface area contributed by atoms with Gasteiger partial charge in [0.2, 0.25) is 0 Å². The van der Waals surface area contributed by atoms with Gasteiger partial charge in [0, 0.05) is 41.2 Å². The van der Waals surface area contributed by atoms with E-state index in [1.807, 2.05) is 17.1 Å². The molecule has 1 amide bonds. The van der Waals surface area contributed by atoms with E-state index in [0.717, 1.165) is 47.5 Å². The molecule has 0 bridgehead atoms. The topological polar surface area (TPSA) is 49.9 Å². The molecule has 0 saturated carbocycles. The summed E-state index contributed by atoms with van der Waals surface area (Å²) in [6, 6.07) is 12.2. The van der Waals surface area contributed by atoms with E-state index in [2.05, 4.69) is 46.1 Å². The average Bonchev–Trinajstić information content (AvgIpc) is 3.20. The minimum atomic E-state index is -0.308. The zero-order valence-corrected chi connectivity index (χ0v) is 20.5. The van der Waals surface area contributed by atoms with Gasteiger partial charge in [0.05, 0.1) is 7.11 Å². The molecule has 1 fully saturated rings. The third kappa shape index (κ3) is 6.57. The Morgan fingerprint density at radius 3 is 2.87 bits per heavy atom. The molecule has 30 heavy (non-hydrogen) atoms. The fourth-order valence-electron chi connectivity index (χ4n) is 3.49. The monoisotopic (exact) mass is 510 g/mol. The molecular weight excluding hydrogens is 484 g/mol. The van der Waals surface area contributed by atoms with Crippen molar-refractivity contribution >= 4 is 50.2 Å². The zero-order valence-electron chi connectivity index (χ0n) is 17.3. The van der Waals surface area contributed by atoms with Crippen LogP contribution in [0.4, 0.5) is 4.79 Å². The van der Waals surface area contributed by atoms with Gasteiger partial charge in [-0.05, 0) is 48.6 Å². The molecule has 5 nitrogen and oxygen atoms in total. The summed E-state index contributed by atoms with van der Waals surface area (Å²) < 4.78 is 5.89. The summed E-state index contributed by atoms with van der Waals surface area (Å²) in [7, 11) is 1.39. The highest BCUT2D eigenvalue weighted by atomic mass is 79.9. The Balaban J connectivity index is 1.53. The Kier molecular flexibility index (Phi) is 8.80. The van der Waals surface area contributed by atoms with Gasteiger partial charge in [-0.25, -0.2) is 9.80 Å². The molecule has 1 saturated heterocycles. The number of carbonyl (C=O) groups excluding carboxylic acids is 2. The lowest BCUT2D eigenvalue weighted by Gasteiger charge is -2.38. The van der Waals surface area contributed by atoms with Crippen LogP contribution in [0.15, 0.2) is 40.9 Å². The number of hydrazine groups is 1. The van der Waals surface area contributed by atoms with Gasteiger partial charge in [-0.1, -0.05) is 46.7 Å². The van der Waals surface area contributed by atoms with Gasteiger partial charge in [0.15, 0.2) is 0 Å². The number of nitrogens with zero attached hydrogens (tertiary/aromatic N) is 2. The lowest BCUT2D eigenvalue weighted by atomic mass is 9.98. The highest BCUT2D eigenvalue weighted by molar-refractivity contribution is 9.10. The number of hydrogen-bond acceptors (Lipinski definition) is 6. The van der Waals surface area contributed by atoms with Crippen molar-refractivity contribution in [3.63, 3.8) is 0 Å². The number of carbonyl (C=O) groups is 2. The maximum Gasteiger partial charge on any atom is 0.348 e. The summed E-state index contributed by atoms with van der Waals surface area (Å²) in [6.45, 7) is 4.66. The van der Waals surface area contributed by atoms with Crippen LogP contribution in [0.3, 0.4) is 0 Å². The quantitative estimate of drug-likeness (QED) is 0.417. The fraction of sp³-hybridized carbons (Fsp3) is 0.455. The lowest BCUT2D eigenvalue weighted by molar-refractivity contribution is 0.0241. The summed E-state index contributed by atoms with van der Waals surface area (Å²) in [6.07, 6.45) is 2.80. The van der Waals surface area contributed by atoms with E-state index < -0.39 is 0 Å². The molecule has 1 aromatic heterocycles. The van der Waals surface area contributed by atoms with E-state index in [-0.39, 0.29) is 11.2 Å². The van der Waals surface area contributed by atoms with E-state index in [1.54, 1.807) is 6.07 Å². The molecule has 0 N–H and O–H groups in total. The van der Waals surface area contributed by atoms with Crippen LogP contribution in [0, 0.1) is 5.92 Å². The van der Waals surface area contributed by atoms with E-state index in [0.29, 0.717) is 17.3 Å². The molecule has 2 aromatic rings. The molecule has 0 radical (unpaired) electrons. The number of esters is 1. The predicted molar refractivity (Wildman–Crippen MR) is 127 cm³/mol. The van der Waals surface area contributed by atoms with E-state index in [9.17, 15) is 9.59 Å². The number of halogens is 1. The van der Waals surface area contributed by atoms with Gasteiger partial charge >= 0.3 is 5.97 Å². The third-order valence-corrected chi connectivity index (χ3v) is 7.56. The first kappa shape index (κ1) is 23.3. The van der Waals surface area contributed by atoms with Crippen LogP contribution in [0.2, 0.25) is 0 Å². The Labute approximate surface area is 194 Å².